The minimum absolute atomic E-state index is 0.138. The van der Waals surface area contributed by atoms with Crippen molar-refractivity contribution in [1.82, 2.24) is 15.5 Å². The monoisotopic (exact) mass is 294 g/mol. The normalized spacial score (nSPS) is 20.4. The van der Waals surface area contributed by atoms with Gasteiger partial charge in [0.25, 0.3) is 0 Å². The Morgan fingerprint density at radius 1 is 1.10 bits per heavy atom. The molecule has 0 spiro atoms. The third kappa shape index (κ3) is 3.69. The quantitative estimate of drug-likeness (QED) is 0.895. The summed E-state index contributed by atoms with van der Waals surface area (Å²) in [7, 11) is 0. The summed E-state index contributed by atoms with van der Waals surface area (Å²) in [5.74, 6) is 0.767. The predicted molar refractivity (Wildman–Crippen MR) is 80.0 cm³/mol. The zero-order valence-electron chi connectivity index (χ0n) is 11.7. The number of nitrogens with zero attached hydrogens (tertiary/aromatic N) is 2. The highest BCUT2D eigenvalue weighted by atomic mass is 32.1. The van der Waals surface area contributed by atoms with Crippen LogP contribution in [-0.2, 0) is 6.42 Å². The van der Waals surface area contributed by atoms with Crippen LogP contribution in [-0.4, -0.2) is 22.3 Å². The number of urea groups is 1. The third-order valence-electron chi connectivity index (χ3n) is 4.32. The standard InChI is InChI=1S/C14H22N4OS/c19-13(15-11-7-3-4-8-11)16-14-18-17-12(20-14)9-10-5-1-2-6-10/h10-11H,1-9H2,(H2,15,16,18,19). The molecular formula is C14H22N4OS. The smallest absolute Gasteiger partial charge is 0.321 e. The van der Waals surface area contributed by atoms with E-state index in [1.54, 1.807) is 0 Å². The zero-order valence-corrected chi connectivity index (χ0v) is 12.5. The van der Waals surface area contributed by atoms with Crippen LogP contribution in [0.3, 0.4) is 0 Å². The van der Waals surface area contributed by atoms with Gasteiger partial charge in [-0.25, -0.2) is 4.79 Å². The van der Waals surface area contributed by atoms with Gasteiger partial charge in [0, 0.05) is 12.5 Å². The van der Waals surface area contributed by atoms with Crippen molar-refractivity contribution in [3.8, 4) is 0 Å². The number of nitrogens with one attached hydrogen (secondary N) is 2. The summed E-state index contributed by atoms with van der Waals surface area (Å²) >= 11 is 1.51. The first kappa shape index (κ1) is 13.8. The van der Waals surface area contributed by atoms with E-state index in [0.717, 1.165) is 30.2 Å². The summed E-state index contributed by atoms with van der Waals surface area (Å²) in [6.45, 7) is 0. The lowest BCUT2D eigenvalue weighted by molar-refractivity contribution is 0.248. The van der Waals surface area contributed by atoms with E-state index in [1.807, 2.05) is 0 Å². The molecule has 5 nitrogen and oxygen atoms in total. The first-order valence-electron chi connectivity index (χ1n) is 7.69. The molecule has 110 valence electrons. The largest absolute Gasteiger partial charge is 0.335 e. The molecule has 2 aliphatic rings. The van der Waals surface area contributed by atoms with Gasteiger partial charge < -0.3 is 5.32 Å². The fraction of sp³-hybridized carbons (Fsp3) is 0.786. The van der Waals surface area contributed by atoms with E-state index < -0.39 is 0 Å². The van der Waals surface area contributed by atoms with Crippen LogP contribution >= 0.6 is 11.3 Å². The summed E-state index contributed by atoms with van der Waals surface area (Å²) in [5, 5.41) is 15.7. The van der Waals surface area contributed by atoms with Crippen LogP contribution in [0, 0.1) is 5.92 Å². The van der Waals surface area contributed by atoms with Gasteiger partial charge in [0.2, 0.25) is 5.13 Å². The fourth-order valence-corrected chi connectivity index (χ4v) is 4.09. The number of anilines is 1. The molecule has 1 aromatic heterocycles. The van der Waals surface area contributed by atoms with Gasteiger partial charge in [0.05, 0.1) is 0 Å². The molecule has 3 rings (SSSR count). The van der Waals surface area contributed by atoms with Gasteiger partial charge in [-0.15, -0.1) is 10.2 Å². The Balaban J connectivity index is 1.47. The van der Waals surface area contributed by atoms with E-state index in [-0.39, 0.29) is 6.03 Å². The van der Waals surface area contributed by atoms with Crippen molar-refractivity contribution in [2.75, 3.05) is 5.32 Å². The Hall–Kier alpha value is -1.17. The number of hydrogen-bond donors (Lipinski definition) is 2. The molecule has 1 aromatic rings. The Morgan fingerprint density at radius 3 is 2.55 bits per heavy atom. The van der Waals surface area contributed by atoms with E-state index in [2.05, 4.69) is 20.8 Å². The van der Waals surface area contributed by atoms with Gasteiger partial charge in [0.1, 0.15) is 5.01 Å². The molecule has 6 heteroatoms. The van der Waals surface area contributed by atoms with E-state index in [9.17, 15) is 4.79 Å². The van der Waals surface area contributed by atoms with Gasteiger partial charge in [-0.05, 0) is 18.8 Å². The second-order valence-corrected chi connectivity index (χ2v) is 7.00. The van der Waals surface area contributed by atoms with Gasteiger partial charge in [0.15, 0.2) is 0 Å². The van der Waals surface area contributed by atoms with Crippen molar-refractivity contribution in [1.29, 1.82) is 0 Å². The SMILES string of the molecule is O=C(Nc1nnc(CC2CCCC2)s1)NC1CCCC1. The van der Waals surface area contributed by atoms with Gasteiger partial charge >= 0.3 is 6.03 Å². The van der Waals surface area contributed by atoms with Crippen LogP contribution in [0.5, 0.6) is 0 Å². The van der Waals surface area contributed by atoms with Crippen molar-refractivity contribution in [2.24, 2.45) is 5.92 Å². The zero-order chi connectivity index (χ0) is 13.8. The van der Waals surface area contributed by atoms with E-state index in [4.69, 9.17) is 0 Å². The Labute approximate surface area is 123 Å². The van der Waals surface area contributed by atoms with Crippen molar-refractivity contribution in [2.45, 2.75) is 63.8 Å². The van der Waals surface area contributed by atoms with E-state index >= 15 is 0 Å². The lowest BCUT2D eigenvalue weighted by atomic mass is 10.1. The highest BCUT2D eigenvalue weighted by Gasteiger charge is 2.19. The second kappa shape index (κ2) is 6.52. The number of aromatic nitrogens is 2. The first-order valence-corrected chi connectivity index (χ1v) is 8.51. The molecule has 0 atom stereocenters. The van der Waals surface area contributed by atoms with Crippen LogP contribution < -0.4 is 10.6 Å². The number of carbonyl (C=O) groups is 1. The minimum Gasteiger partial charge on any atom is -0.335 e. The first-order chi connectivity index (χ1) is 9.79. The summed E-state index contributed by atoms with van der Waals surface area (Å²) in [6, 6.07) is 0.196. The Bertz CT molecular complexity index is 450. The summed E-state index contributed by atoms with van der Waals surface area (Å²) in [6.07, 6.45) is 11.0. The number of hydrogen-bond acceptors (Lipinski definition) is 4. The summed E-state index contributed by atoms with van der Waals surface area (Å²) in [5.41, 5.74) is 0. The molecule has 0 radical (unpaired) electrons. The van der Waals surface area contributed by atoms with Gasteiger partial charge in [-0.3, -0.25) is 5.32 Å². The number of amides is 2. The van der Waals surface area contributed by atoms with Crippen LogP contribution in [0.2, 0.25) is 0 Å². The van der Waals surface area contributed by atoms with Gasteiger partial charge in [-0.1, -0.05) is 49.9 Å². The molecule has 0 bridgehead atoms. The maximum atomic E-state index is 11.8. The molecule has 0 aromatic carbocycles. The minimum atomic E-state index is -0.138. The van der Waals surface area contributed by atoms with Crippen LogP contribution in [0.1, 0.15) is 56.4 Å². The average molecular weight is 294 g/mol. The molecule has 20 heavy (non-hydrogen) atoms. The van der Waals surface area contributed by atoms with Crippen molar-refractivity contribution < 1.29 is 4.79 Å². The molecule has 2 amide bonds. The van der Waals surface area contributed by atoms with Crippen LogP contribution in [0.25, 0.3) is 0 Å². The maximum absolute atomic E-state index is 11.8. The number of carbonyl (C=O) groups excluding carboxylic acids is 1. The second-order valence-electron chi connectivity index (χ2n) is 5.94. The average Bonchev–Trinajstić information content (AvgIpc) is 3.12. The lowest BCUT2D eigenvalue weighted by Crippen LogP contribution is -2.36. The highest BCUT2D eigenvalue weighted by molar-refractivity contribution is 7.15. The summed E-state index contributed by atoms with van der Waals surface area (Å²) in [4.78, 5) is 11.8. The Morgan fingerprint density at radius 2 is 1.80 bits per heavy atom. The molecule has 2 fully saturated rings. The van der Waals surface area contributed by atoms with E-state index in [0.29, 0.717) is 11.2 Å². The van der Waals surface area contributed by atoms with Crippen molar-refractivity contribution in [3.05, 3.63) is 5.01 Å². The van der Waals surface area contributed by atoms with Crippen molar-refractivity contribution >= 4 is 22.5 Å². The molecule has 2 N–H and O–H groups in total. The molecule has 0 unspecified atom stereocenters. The third-order valence-corrected chi connectivity index (χ3v) is 5.18. The molecular weight excluding hydrogens is 272 g/mol. The predicted octanol–water partition coefficient (Wildman–Crippen LogP) is 3.33. The molecule has 2 saturated carbocycles. The maximum Gasteiger partial charge on any atom is 0.321 e. The molecule has 1 heterocycles. The fourth-order valence-electron chi connectivity index (χ4n) is 3.24. The van der Waals surface area contributed by atoms with Crippen LogP contribution in [0.4, 0.5) is 9.93 Å². The topological polar surface area (TPSA) is 66.9 Å². The lowest BCUT2D eigenvalue weighted by Gasteiger charge is -2.11. The Kier molecular flexibility index (Phi) is 4.50. The number of rotatable bonds is 4. The molecule has 2 aliphatic carbocycles. The highest BCUT2D eigenvalue weighted by Crippen LogP contribution is 2.29. The van der Waals surface area contributed by atoms with E-state index in [1.165, 1.54) is 49.9 Å². The molecule has 0 saturated heterocycles. The van der Waals surface area contributed by atoms with Crippen molar-refractivity contribution in [3.63, 3.8) is 0 Å². The summed E-state index contributed by atoms with van der Waals surface area (Å²) < 4.78 is 0. The van der Waals surface area contributed by atoms with Crippen LogP contribution in [0.15, 0.2) is 0 Å². The molecule has 0 aliphatic heterocycles. The van der Waals surface area contributed by atoms with Gasteiger partial charge in [-0.2, -0.15) is 0 Å².